The molecule has 1 aliphatic heterocycles. The Balaban J connectivity index is 1.91. The number of rotatable bonds is 6. The number of likely N-dealkylation sites (tertiary alicyclic amines) is 1. The predicted octanol–water partition coefficient (Wildman–Crippen LogP) is 2.55. The number of nitrogens with one attached hydrogen (secondary N) is 1. The minimum Gasteiger partial charge on any atom is -0.349 e. The van der Waals surface area contributed by atoms with E-state index in [1.807, 2.05) is 0 Å². The monoisotopic (exact) mass is 345 g/mol. The number of para-hydroxylation sites is 1. The zero-order valence-corrected chi connectivity index (χ0v) is 16.0. The number of benzene rings is 1. The molecule has 138 valence electrons. The molecule has 0 bridgehead atoms. The van der Waals surface area contributed by atoms with Crippen LogP contribution in [0.25, 0.3) is 0 Å². The first kappa shape index (κ1) is 19.4. The van der Waals surface area contributed by atoms with Crippen molar-refractivity contribution in [1.29, 1.82) is 0 Å². The van der Waals surface area contributed by atoms with Crippen LogP contribution in [0.4, 0.5) is 5.69 Å². The maximum Gasteiger partial charge on any atom is 0.238 e. The van der Waals surface area contributed by atoms with E-state index in [0.717, 1.165) is 44.5 Å². The molecule has 0 atom stereocenters. The summed E-state index contributed by atoms with van der Waals surface area (Å²) >= 11 is 0. The summed E-state index contributed by atoms with van der Waals surface area (Å²) in [6.07, 6.45) is 3.47. The van der Waals surface area contributed by atoms with E-state index in [2.05, 4.69) is 42.3 Å². The Morgan fingerprint density at radius 1 is 1.12 bits per heavy atom. The number of hydrogen-bond acceptors (Lipinski definition) is 3. The molecular formula is C20H31N3O2. The summed E-state index contributed by atoms with van der Waals surface area (Å²) in [7, 11) is 3.61. The summed E-state index contributed by atoms with van der Waals surface area (Å²) in [5, 5.41) is 3.12. The number of nitrogens with zero attached hydrogens (tertiary/aromatic N) is 2. The first-order valence-electron chi connectivity index (χ1n) is 9.30. The zero-order valence-electron chi connectivity index (χ0n) is 16.0. The fraction of sp³-hybridized carbons (Fsp3) is 0.600. The molecule has 0 unspecified atom stereocenters. The van der Waals surface area contributed by atoms with E-state index in [0.29, 0.717) is 6.54 Å². The Bertz CT molecular complexity index is 583. The summed E-state index contributed by atoms with van der Waals surface area (Å²) in [4.78, 5) is 28.4. The van der Waals surface area contributed by atoms with E-state index in [-0.39, 0.29) is 17.7 Å². The molecule has 1 N–H and O–H groups in total. The molecule has 0 spiro atoms. The van der Waals surface area contributed by atoms with E-state index >= 15 is 0 Å². The van der Waals surface area contributed by atoms with Gasteiger partial charge < -0.3 is 10.2 Å². The first-order chi connectivity index (χ1) is 12.0. The summed E-state index contributed by atoms with van der Waals surface area (Å²) in [6, 6.07) is 6.21. The molecule has 2 rings (SSSR count). The van der Waals surface area contributed by atoms with Gasteiger partial charge in [-0.15, -0.1) is 0 Å². The standard InChI is InChI=1S/C20H31N3O2/c1-5-15-8-7-9-16(6-2)19(15)21-18(24)14-23-12-10-17(11-13-23)20(25)22(3)4/h7-9,17H,5-6,10-14H2,1-4H3,(H,21,24). The van der Waals surface area contributed by atoms with Gasteiger partial charge in [-0.25, -0.2) is 0 Å². The van der Waals surface area contributed by atoms with Crippen LogP contribution in [-0.4, -0.2) is 55.3 Å². The van der Waals surface area contributed by atoms with Crippen molar-refractivity contribution < 1.29 is 9.59 Å². The molecule has 0 saturated carbocycles. The van der Waals surface area contributed by atoms with E-state index in [1.54, 1.807) is 19.0 Å². The lowest BCUT2D eigenvalue weighted by molar-refractivity contribution is -0.134. The maximum atomic E-state index is 12.5. The second kappa shape index (κ2) is 8.99. The largest absolute Gasteiger partial charge is 0.349 e. The Morgan fingerprint density at radius 2 is 1.68 bits per heavy atom. The molecule has 0 aromatic heterocycles. The quantitative estimate of drug-likeness (QED) is 0.862. The summed E-state index contributed by atoms with van der Waals surface area (Å²) < 4.78 is 0. The van der Waals surface area contributed by atoms with Crippen LogP contribution in [-0.2, 0) is 22.4 Å². The highest BCUT2D eigenvalue weighted by Crippen LogP contribution is 2.23. The maximum absolute atomic E-state index is 12.5. The fourth-order valence-corrected chi connectivity index (χ4v) is 3.49. The average molecular weight is 345 g/mol. The van der Waals surface area contributed by atoms with Gasteiger partial charge in [0.2, 0.25) is 11.8 Å². The summed E-state index contributed by atoms with van der Waals surface area (Å²) in [6.45, 7) is 6.21. The highest BCUT2D eigenvalue weighted by atomic mass is 16.2. The van der Waals surface area contributed by atoms with Crippen LogP contribution in [0.3, 0.4) is 0 Å². The smallest absolute Gasteiger partial charge is 0.238 e. The average Bonchev–Trinajstić information content (AvgIpc) is 2.61. The van der Waals surface area contributed by atoms with Gasteiger partial charge in [-0.3, -0.25) is 14.5 Å². The van der Waals surface area contributed by atoms with E-state index < -0.39 is 0 Å². The Labute approximate surface area is 151 Å². The van der Waals surface area contributed by atoms with Crippen LogP contribution in [0.5, 0.6) is 0 Å². The third-order valence-electron chi connectivity index (χ3n) is 5.01. The predicted molar refractivity (Wildman–Crippen MR) is 102 cm³/mol. The molecule has 1 saturated heterocycles. The number of carbonyl (C=O) groups is 2. The van der Waals surface area contributed by atoms with Crippen LogP contribution < -0.4 is 5.32 Å². The minimum absolute atomic E-state index is 0.0352. The molecule has 5 heteroatoms. The summed E-state index contributed by atoms with van der Waals surface area (Å²) in [5.74, 6) is 0.336. The van der Waals surface area contributed by atoms with E-state index in [1.165, 1.54) is 11.1 Å². The topological polar surface area (TPSA) is 52.7 Å². The molecule has 1 aromatic carbocycles. The lowest BCUT2D eigenvalue weighted by atomic mass is 9.95. The highest BCUT2D eigenvalue weighted by Gasteiger charge is 2.26. The molecule has 1 heterocycles. The van der Waals surface area contributed by atoms with Crippen molar-refractivity contribution in [3.8, 4) is 0 Å². The highest BCUT2D eigenvalue weighted by molar-refractivity contribution is 5.94. The minimum atomic E-state index is 0.0352. The molecule has 5 nitrogen and oxygen atoms in total. The van der Waals surface area contributed by atoms with Crippen molar-refractivity contribution in [3.05, 3.63) is 29.3 Å². The molecule has 2 amide bonds. The lowest BCUT2D eigenvalue weighted by Crippen LogP contribution is -2.43. The van der Waals surface area contributed by atoms with Crippen molar-refractivity contribution in [2.24, 2.45) is 5.92 Å². The third-order valence-corrected chi connectivity index (χ3v) is 5.01. The van der Waals surface area contributed by atoms with Crippen LogP contribution in [0.15, 0.2) is 18.2 Å². The zero-order chi connectivity index (χ0) is 18.4. The van der Waals surface area contributed by atoms with Crippen molar-refractivity contribution in [3.63, 3.8) is 0 Å². The van der Waals surface area contributed by atoms with Crippen LogP contribution >= 0.6 is 0 Å². The van der Waals surface area contributed by atoms with Gasteiger partial charge in [0.05, 0.1) is 6.54 Å². The Morgan fingerprint density at radius 3 is 2.16 bits per heavy atom. The number of hydrogen-bond donors (Lipinski definition) is 1. The molecule has 1 fully saturated rings. The van der Waals surface area contributed by atoms with E-state index in [4.69, 9.17) is 0 Å². The molecule has 1 aromatic rings. The number of amides is 2. The van der Waals surface area contributed by atoms with Crippen molar-refractivity contribution in [1.82, 2.24) is 9.80 Å². The number of carbonyl (C=O) groups excluding carboxylic acids is 2. The molecule has 0 aliphatic carbocycles. The van der Waals surface area contributed by atoms with E-state index in [9.17, 15) is 9.59 Å². The third kappa shape index (κ3) is 5.05. The number of piperidine rings is 1. The van der Waals surface area contributed by atoms with Crippen LogP contribution in [0.1, 0.15) is 37.8 Å². The van der Waals surface area contributed by atoms with Crippen molar-refractivity contribution in [2.45, 2.75) is 39.5 Å². The SMILES string of the molecule is CCc1cccc(CC)c1NC(=O)CN1CCC(C(=O)N(C)C)CC1. The van der Waals surface area contributed by atoms with Gasteiger partial charge in [-0.05, 0) is 49.9 Å². The lowest BCUT2D eigenvalue weighted by Gasteiger charge is -2.32. The van der Waals surface area contributed by atoms with Gasteiger partial charge >= 0.3 is 0 Å². The molecule has 1 aliphatic rings. The molecular weight excluding hydrogens is 314 g/mol. The first-order valence-corrected chi connectivity index (χ1v) is 9.30. The van der Waals surface area contributed by atoms with Gasteiger partial charge in [-0.1, -0.05) is 32.0 Å². The van der Waals surface area contributed by atoms with Crippen LogP contribution in [0.2, 0.25) is 0 Å². The number of anilines is 1. The number of aryl methyl sites for hydroxylation is 2. The molecule has 25 heavy (non-hydrogen) atoms. The van der Waals surface area contributed by atoms with Gasteiger partial charge in [0.15, 0.2) is 0 Å². The van der Waals surface area contributed by atoms with Crippen molar-refractivity contribution in [2.75, 3.05) is 39.0 Å². The molecule has 0 radical (unpaired) electrons. The second-order valence-electron chi connectivity index (χ2n) is 6.99. The van der Waals surface area contributed by atoms with Gasteiger partial charge in [-0.2, -0.15) is 0 Å². The van der Waals surface area contributed by atoms with Gasteiger partial charge in [0.25, 0.3) is 0 Å². The van der Waals surface area contributed by atoms with Crippen molar-refractivity contribution >= 4 is 17.5 Å². The normalized spacial score (nSPS) is 15.8. The van der Waals surface area contributed by atoms with Crippen LogP contribution in [0, 0.1) is 5.92 Å². The summed E-state index contributed by atoms with van der Waals surface area (Å²) in [5.41, 5.74) is 3.35. The van der Waals surface area contributed by atoms with Gasteiger partial charge in [0.1, 0.15) is 0 Å². The van der Waals surface area contributed by atoms with Gasteiger partial charge in [0, 0.05) is 25.7 Å². The fourth-order valence-electron chi connectivity index (χ4n) is 3.49. The Kier molecular flexibility index (Phi) is 7.00. The second-order valence-corrected chi connectivity index (χ2v) is 6.99. The Hall–Kier alpha value is -1.88.